The number of allylic oxidation sites excluding steroid dienone is 1. The number of aliphatic hydroxyl groups excluding tert-OH is 1. The van der Waals surface area contributed by atoms with Gasteiger partial charge in [0.05, 0.1) is 11.7 Å². The van der Waals surface area contributed by atoms with Crippen LogP contribution in [0.15, 0.2) is 24.3 Å². The zero-order valence-electron chi connectivity index (χ0n) is 11.9. The van der Waals surface area contributed by atoms with E-state index in [1.54, 1.807) is 13.0 Å². The Morgan fingerprint density at radius 2 is 1.90 bits per heavy atom. The molecule has 4 heteroatoms. The molecular formula is C16H19F3O. The number of aryl methyl sites for hydroxylation is 1. The van der Waals surface area contributed by atoms with Gasteiger partial charge in [-0.05, 0) is 54.0 Å². The predicted octanol–water partition coefficient (Wildman–Crippen LogP) is 4.58. The Morgan fingerprint density at radius 1 is 1.25 bits per heavy atom. The molecule has 1 atom stereocenters. The van der Waals surface area contributed by atoms with Crippen LogP contribution in [-0.2, 0) is 6.18 Å². The number of rotatable bonds is 1. The van der Waals surface area contributed by atoms with E-state index in [4.69, 9.17) is 0 Å². The Kier molecular flexibility index (Phi) is 3.71. The minimum Gasteiger partial charge on any atom is -0.389 e. The monoisotopic (exact) mass is 284 g/mol. The van der Waals surface area contributed by atoms with Gasteiger partial charge in [-0.3, -0.25) is 0 Å². The van der Waals surface area contributed by atoms with Crippen molar-refractivity contribution in [3.05, 3.63) is 41.0 Å². The van der Waals surface area contributed by atoms with Gasteiger partial charge in [0.25, 0.3) is 0 Å². The minimum atomic E-state index is -4.32. The van der Waals surface area contributed by atoms with Crippen LogP contribution < -0.4 is 0 Å². The van der Waals surface area contributed by atoms with Gasteiger partial charge in [0.15, 0.2) is 0 Å². The summed E-state index contributed by atoms with van der Waals surface area (Å²) in [6.07, 6.45) is -1.65. The molecule has 20 heavy (non-hydrogen) atoms. The van der Waals surface area contributed by atoms with Crippen LogP contribution >= 0.6 is 0 Å². The van der Waals surface area contributed by atoms with Crippen molar-refractivity contribution >= 4 is 5.57 Å². The summed E-state index contributed by atoms with van der Waals surface area (Å²) in [6, 6.07) is 3.79. The van der Waals surface area contributed by atoms with E-state index in [0.717, 1.165) is 23.6 Å². The van der Waals surface area contributed by atoms with Crippen molar-refractivity contribution in [1.82, 2.24) is 0 Å². The van der Waals surface area contributed by atoms with Crippen molar-refractivity contribution in [2.75, 3.05) is 0 Å². The number of hydrogen-bond acceptors (Lipinski definition) is 1. The van der Waals surface area contributed by atoms with Gasteiger partial charge in [-0.15, -0.1) is 0 Å². The number of aliphatic hydroxyl groups is 1. The van der Waals surface area contributed by atoms with Crippen LogP contribution in [0, 0.1) is 12.3 Å². The SMILES string of the molecule is Cc1cc(C(F)(F)F)ccc1C1=CC(O)CC(C)(C)C1. The third-order valence-electron chi connectivity index (χ3n) is 3.72. The van der Waals surface area contributed by atoms with Gasteiger partial charge >= 0.3 is 6.18 Å². The molecule has 1 unspecified atom stereocenters. The van der Waals surface area contributed by atoms with Crippen molar-refractivity contribution < 1.29 is 18.3 Å². The highest BCUT2D eigenvalue weighted by atomic mass is 19.4. The minimum absolute atomic E-state index is 0.0430. The Hall–Kier alpha value is -1.29. The number of halogens is 3. The molecule has 0 saturated heterocycles. The second kappa shape index (κ2) is 4.92. The summed E-state index contributed by atoms with van der Waals surface area (Å²) in [6.45, 7) is 5.80. The lowest BCUT2D eigenvalue weighted by atomic mass is 9.74. The van der Waals surface area contributed by atoms with Crippen LogP contribution in [0.5, 0.6) is 0 Å². The lowest BCUT2D eigenvalue weighted by Gasteiger charge is -2.33. The van der Waals surface area contributed by atoms with E-state index >= 15 is 0 Å². The molecule has 0 aliphatic heterocycles. The maximum absolute atomic E-state index is 12.7. The van der Waals surface area contributed by atoms with Gasteiger partial charge in [-0.25, -0.2) is 0 Å². The van der Waals surface area contributed by atoms with Crippen molar-refractivity contribution in [3.63, 3.8) is 0 Å². The van der Waals surface area contributed by atoms with Crippen molar-refractivity contribution in [2.45, 2.75) is 45.9 Å². The van der Waals surface area contributed by atoms with Gasteiger partial charge in [-0.2, -0.15) is 13.2 Å². The molecule has 1 nitrogen and oxygen atoms in total. The first-order valence-electron chi connectivity index (χ1n) is 6.65. The van der Waals surface area contributed by atoms with Crippen molar-refractivity contribution in [3.8, 4) is 0 Å². The lowest BCUT2D eigenvalue weighted by Crippen LogP contribution is -2.24. The smallest absolute Gasteiger partial charge is 0.389 e. The average Bonchev–Trinajstić information content (AvgIpc) is 2.24. The summed E-state index contributed by atoms with van der Waals surface area (Å²) in [5.41, 5.74) is 1.65. The van der Waals surface area contributed by atoms with Crippen LogP contribution in [-0.4, -0.2) is 11.2 Å². The molecule has 1 aromatic rings. The first-order chi connectivity index (χ1) is 9.08. The van der Waals surface area contributed by atoms with E-state index in [1.165, 1.54) is 12.1 Å². The Balaban J connectivity index is 2.39. The van der Waals surface area contributed by atoms with E-state index in [9.17, 15) is 18.3 Å². The lowest BCUT2D eigenvalue weighted by molar-refractivity contribution is -0.137. The quantitative estimate of drug-likeness (QED) is 0.800. The largest absolute Gasteiger partial charge is 0.416 e. The number of hydrogen-bond donors (Lipinski definition) is 1. The van der Waals surface area contributed by atoms with Gasteiger partial charge in [0.1, 0.15) is 0 Å². The molecule has 0 fully saturated rings. The van der Waals surface area contributed by atoms with E-state index in [0.29, 0.717) is 12.0 Å². The topological polar surface area (TPSA) is 20.2 Å². The molecule has 1 N–H and O–H groups in total. The molecule has 110 valence electrons. The van der Waals surface area contributed by atoms with Crippen LogP contribution in [0.2, 0.25) is 0 Å². The summed E-state index contributed by atoms with van der Waals surface area (Å²) >= 11 is 0. The average molecular weight is 284 g/mol. The van der Waals surface area contributed by atoms with Gasteiger partial charge in [0, 0.05) is 0 Å². The molecule has 1 aromatic carbocycles. The van der Waals surface area contributed by atoms with E-state index in [1.807, 2.05) is 0 Å². The van der Waals surface area contributed by atoms with E-state index in [-0.39, 0.29) is 5.41 Å². The zero-order valence-corrected chi connectivity index (χ0v) is 11.9. The Labute approximate surface area is 117 Å². The Bertz CT molecular complexity index is 541. The van der Waals surface area contributed by atoms with Crippen molar-refractivity contribution in [2.24, 2.45) is 5.41 Å². The standard InChI is InChI=1S/C16H19F3O/c1-10-6-12(16(17,18)19)4-5-14(10)11-7-13(20)9-15(2,3)8-11/h4-7,13,20H,8-9H2,1-3H3. The predicted molar refractivity (Wildman–Crippen MR) is 73.2 cm³/mol. The molecule has 0 amide bonds. The van der Waals surface area contributed by atoms with E-state index in [2.05, 4.69) is 13.8 Å². The van der Waals surface area contributed by atoms with Crippen molar-refractivity contribution in [1.29, 1.82) is 0 Å². The number of benzene rings is 1. The summed E-state index contributed by atoms with van der Waals surface area (Å²) in [5, 5.41) is 9.89. The molecule has 0 bridgehead atoms. The van der Waals surface area contributed by atoms with Gasteiger partial charge in [-0.1, -0.05) is 26.0 Å². The third-order valence-corrected chi connectivity index (χ3v) is 3.72. The zero-order chi connectivity index (χ0) is 15.1. The van der Waals surface area contributed by atoms with Crippen LogP contribution in [0.4, 0.5) is 13.2 Å². The highest BCUT2D eigenvalue weighted by Gasteiger charge is 2.32. The fraction of sp³-hybridized carbons (Fsp3) is 0.500. The third kappa shape index (κ3) is 3.23. The fourth-order valence-corrected chi connectivity index (χ4v) is 2.89. The molecule has 0 spiro atoms. The Morgan fingerprint density at radius 3 is 2.40 bits per heavy atom. The molecular weight excluding hydrogens is 265 g/mol. The highest BCUT2D eigenvalue weighted by Crippen LogP contribution is 2.41. The highest BCUT2D eigenvalue weighted by molar-refractivity contribution is 5.70. The van der Waals surface area contributed by atoms with Crippen LogP contribution in [0.25, 0.3) is 5.57 Å². The van der Waals surface area contributed by atoms with Crippen LogP contribution in [0.3, 0.4) is 0 Å². The van der Waals surface area contributed by atoms with Gasteiger partial charge < -0.3 is 5.11 Å². The molecule has 0 saturated carbocycles. The molecule has 0 radical (unpaired) electrons. The molecule has 1 aliphatic rings. The van der Waals surface area contributed by atoms with Crippen LogP contribution in [0.1, 0.15) is 43.4 Å². The van der Waals surface area contributed by atoms with Gasteiger partial charge in [0.2, 0.25) is 0 Å². The second-order valence-corrected chi connectivity index (χ2v) is 6.33. The molecule has 0 aromatic heterocycles. The molecule has 2 rings (SSSR count). The maximum atomic E-state index is 12.7. The number of alkyl halides is 3. The summed E-state index contributed by atoms with van der Waals surface area (Å²) in [5.74, 6) is 0. The second-order valence-electron chi connectivity index (χ2n) is 6.33. The molecule has 1 aliphatic carbocycles. The first-order valence-corrected chi connectivity index (χ1v) is 6.65. The summed E-state index contributed by atoms with van der Waals surface area (Å²) < 4.78 is 38.0. The maximum Gasteiger partial charge on any atom is 0.416 e. The molecule has 0 heterocycles. The first kappa shape index (κ1) is 15.1. The van der Waals surface area contributed by atoms with E-state index < -0.39 is 17.8 Å². The summed E-state index contributed by atoms with van der Waals surface area (Å²) in [4.78, 5) is 0. The fourth-order valence-electron chi connectivity index (χ4n) is 2.89. The normalized spacial score (nSPS) is 22.6. The summed E-state index contributed by atoms with van der Waals surface area (Å²) in [7, 11) is 0.